The molecule has 0 aliphatic heterocycles. The van der Waals surface area contributed by atoms with Crippen molar-refractivity contribution in [3.63, 3.8) is 0 Å². The molecule has 0 aromatic carbocycles. The molecule has 2 heterocycles. The van der Waals surface area contributed by atoms with Gasteiger partial charge in [-0.05, 0) is 25.1 Å². The van der Waals surface area contributed by atoms with Gasteiger partial charge in [0.25, 0.3) is 0 Å². The van der Waals surface area contributed by atoms with E-state index >= 15 is 0 Å². The molecule has 4 heteroatoms. The Labute approximate surface area is 94.7 Å². The van der Waals surface area contributed by atoms with Crippen molar-refractivity contribution in [3.8, 4) is 0 Å². The summed E-state index contributed by atoms with van der Waals surface area (Å²) < 4.78 is 5.47. The highest BCUT2D eigenvalue weighted by molar-refractivity contribution is 5.51. The molecule has 0 saturated carbocycles. The molecule has 0 atom stereocenters. The van der Waals surface area contributed by atoms with Gasteiger partial charge in [-0.25, -0.2) is 4.98 Å². The zero-order valence-electron chi connectivity index (χ0n) is 9.45. The minimum Gasteiger partial charge on any atom is -0.465 e. The summed E-state index contributed by atoms with van der Waals surface area (Å²) in [5.41, 5.74) is 1.02. The van der Waals surface area contributed by atoms with Crippen LogP contribution in [0.3, 0.4) is 0 Å². The number of nitrogens with one attached hydrogen (secondary N) is 2. The molecule has 84 valence electrons. The number of aryl methyl sites for hydroxylation is 1. The van der Waals surface area contributed by atoms with Crippen LogP contribution in [0.15, 0.2) is 34.9 Å². The lowest BCUT2D eigenvalue weighted by atomic mass is 10.3. The Morgan fingerprint density at radius 2 is 2.19 bits per heavy atom. The van der Waals surface area contributed by atoms with Gasteiger partial charge in [0.1, 0.15) is 17.3 Å². The summed E-state index contributed by atoms with van der Waals surface area (Å²) in [6, 6.07) is 7.82. The zero-order chi connectivity index (χ0) is 11.4. The molecule has 0 saturated heterocycles. The standard InChI is InChI=1S/C12H15N3O/c1-9-3-4-11(16-9)8-15-10-5-6-14-12(7-10)13-2/h3-7H,8H2,1-2H3,(H2,13,14,15). The van der Waals surface area contributed by atoms with E-state index in [0.29, 0.717) is 6.54 Å². The van der Waals surface area contributed by atoms with Crippen LogP contribution in [0.25, 0.3) is 0 Å². The van der Waals surface area contributed by atoms with Gasteiger partial charge in [0, 0.05) is 25.0 Å². The number of rotatable bonds is 4. The Hall–Kier alpha value is -1.97. The lowest BCUT2D eigenvalue weighted by Gasteiger charge is -2.05. The van der Waals surface area contributed by atoms with Gasteiger partial charge in [-0.2, -0.15) is 0 Å². The van der Waals surface area contributed by atoms with Crippen molar-refractivity contribution in [2.24, 2.45) is 0 Å². The first-order valence-electron chi connectivity index (χ1n) is 5.21. The average Bonchev–Trinajstić information content (AvgIpc) is 2.73. The number of pyridine rings is 1. The summed E-state index contributed by atoms with van der Waals surface area (Å²) >= 11 is 0. The van der Waals surface area contributed by atoms with Crippen molar-refractivity contribution in [2.45, 2.75) is 13.5 Å². The van der Waals surface area contributed by atoms with E-state index < -0.39 is 0 Å². The smallest absolute Gasteiger partial charge is 0.127 e. The fourth-order valence-corrected chi connectivity index (χ4v) is 1.45. The van der Waals surface area contributed by atoms with Crippen molar-refractivity contribution >= 4 is 11.5 Å². The SMILES string of the molecule is CNc1cc(NCc2ccc(C)o2)ccn1. The van der Waals surface area contributed by atoms with E-state index in [1.165, 1.54) is 0 Å². The van der Waals surface area contributed by atoms with E-state index in [4.69, 9.17) is 4.42 Å². The van der Waals surface area contributed by atoms with E-state index in [1.807, 2.05) is 38.2 Å². The summed E-state index contributed by atoms with van der Waals surface area (Å²) in [6.45, 7) is 2.62. The van der Waals surface area contributed by atoms with Gasteiger partial charge in [-0.1, -0.05) is 0 Å². The first-order chi connectivity index (χ1) is 7.78. The Balaban J connectivity index is 1.99. The van der Waals surface area contributed by atoms with Crippen LogP contribution in [-0.4, -0.2) is 12.0 Å². The molecule has 0 bridgehead atoms. The highest BCUT2D eigenvalue weighted by atomic mass is 16.3. The summed E-state index contributed by atoms with van der Waals surface area (Å²) in [7, 11) is 1.85. The maximum atomic E-state index is 5.47. The third kappa shape index (κ3) is 2.53. The van der Waals surface area contributed by atoms with Crippen LogP contribution in [-0.2, 0) is 6.54 Å². The Bertz CT molecular complexity index is 465. The lowest BCUT2D eigenvalue weighted by molar-refractivity contribution is 0.490. The van der Waals surface area contributed by atoms with Crippen LogP contribution in [0.1, 0.15) is 11.5 Å². The highest BCUT2D eigenvalue weighted by Gasteiger charge is 1.99. The molecular weight excluding hydrogens is 202 g/mol. The van der Waals surface area contributed by atoms with Gasteiger partial charge < -0.3 is 15.1 Å². The third-order valence-corrected chi connectivity index (χ3v) is 2.28. The van der Waals surface area contributed by atoms with E-state index in [2.05, 4.69) is 15.6 Å². The van der Waals surface area contributed by atoms with Gasteiger partial charge >= 0.3 is 0 Å². The van der Waals surface area contributed by atoms with E-state index in [9.17, 15) is 0 Å². The number of anilines is 2. The Morgan fingerprint density at radius 3 is 2.88 bits per heavy atom. The lowest BCUT2D eigenvalue weighted by Crippen LogP contribution is -1.99. The molecule has 16 heavy (non-hydrogen) atoms. The molecule has 0 unspecified atom stereocenters. The molecular formula is C12H15N3O. The third-order valence-electron chi connectivity index (χ3n) is 2.28. The zero-order valence-corrected chi connectivity index (χ0v) is 9.45. The predicted molar refractivity (Wildman–Crippen MR) is 64.6 cm³/mol. The maximum absolute atomic E-state index is 5.47. The number of hydrogen-bond acceptors (Lipinski definition) is 4. The fourth-order valence-electron chi connectivity index (χ4n) is 1.45. The minimum absolute atomic E-state index is 0.682. The minimum atomic E-state index is 0.682. The first-order valence-corrected chi connectivity index (χ1v) is 5.21. The van der Waals surface area contributed by atoms with Gasteiger partial charge in [0.2, 0.25) is 0 Å². The van der Waals surface area contributed by atoms with Crippen molar-refractivity contribution in [1.82, 2.24) is 4.98 Å². The van der Waals surface area contributed by atoms with Crippen LogP contribution in [0.2, 0.25) is 0 Å². The molecule has 0 radical (unpaired) electrons. The van der Waals surface area contributed by atoms with Crippen LogP contribution in [0.5, 0.6) is 0 Å². The first kappa shape index (κ1) is 10.5. The second-order valence-electron chi connectivity index (χ2n) is 3.55. The molecule has 2 aromatic rings. The molecule has 2 rings (SSSR count). The second kappa shape index (κ2) is 4.70. The van der Waals surface area contributed by atoms with E-state index in [0.717, 1.165) is 23.0 Å². The molecule has 4 nitrogen and oxygen atoms in total. The van der Waals surface area contributed by atoms with Crippen molar-refractivity contribution in [3.05, 3.63) is 42.0 Å². The monoisotopic (exact) mass is 217 g/mol. The van der Waals surface area contributed by atoms with Gasteiger partial charge in [-0.3, -0.25) is 0 Å². The van der Waals surface area contributed by atoms with Crippen LogP contribution in [0, 0.1) is 6.92 Å². The van der Waals surface area contributed by atoms with Gasteiger partial charge in [-0.15, -0.1) is 0 Å². The number of aromatic nitrogens is 1. The van der Waals surface area contributed by atoms with Crippen LogP contribution >= 0.6 is 0 Å². The van der Waals surface area contributed by atoms with Crippen molar-refractivity contribution < 1.29 is 4.42 Å². The van der Waals surface area contributed by atoms with E-state index in [1.54, 1.807) is 6.20 Å². The number of nitrogens with zero attached hydrogens (tertiary/aromatic N) is 1. The molecule has 2 aromatic heterocycles. The highest BCUT2D eigenvalue weighted by Crippen LogP contribution is 2.13. The summed E-state index contributed by atoms with van der Waals surface area (Å²) in [5, 5.41) is 6.27. The molecule has 2 N–H and O–H groups in total. The molecule has 0 spiro atoms. The molecule has 0 aliphatic carbocycles. The second-order valence-corrected chi connectivity index (χ2v) is 3.55. The van der Waals surface area contributed by atoms with Crippen molar-refractivity contribution in [2.75, 3.05) is 17.7 Å². The Kier molecular flexibility index (Phi) is 3.10. The normalized spacial score (nSPS) is 10.1. The summed E-state index contributed by atoms with van der Waals surface area (Å²) in [6.07, 6.45) is 1.77. The van der Waals surface area contributed by atoms with Gasteiger partial charge in [0.15, 0.2) is 0 Å². The molecule has 0 fully saturated rings. The quantitative estimate of drug-likeness (QED) is 0.826. The topological polar surface area (TPSA) is 50.1 Å². The average molecular weight is 217 g/mol. The number of furan rings is 1. The predicted octanol–water partition coefficient (Wildman–Crippen LogP) is 2.64. The van der Waals surface area contributed by atoms with Crippen LogP contribution < -0.4 is 10.6 Å². The number of hydrogen-bond donors (Lipinski definition) is 2. The van der Waals surface area contributed by atoms with E-state index in [-0.39, 0.29) is 0 Å². The van der Waals surface area contributed by atoms with Crippen molar-refractivity contribution in [1.29, 1.82) is 0 Å². The summed E-state index contributed by atoms with van der Waals surface area (Å²) in [4.78, 5) is 4.14. The summed E-state index contributed by atoms with van der Waals surface area (Å²) in [5.74, 6) is 2.71. The molecule has 0 amide bonds. The Morgan fingerprint density at radius 1 is 1.31 bits per heavy atom. The fraction of sp³-hybridized carbons (Fsp3) is 0.250. The maximum Gasteiger partial charge on any atom is 0.127 e. The largest absolute Gasteiger partial charge is 0.465 e. The van der Waals surface area contributed by atoms with Gasteiger partial charge in [0.05, 0.1) is 6.54 Å². The van der Waals surface area contributed by atoms with Crippen LogP contribution in [0.4, 0.5) is 11.5 Å². The molecule has 0 aliphatic rings.